The average molecular weight is 436 g/mol. The van der Waals surface area contributed by atoms with Crippen molar-refractivity contribution in [2.24, 2.45) is 0 Å². The first-order valence-electron chi connectivity index (χ1n) is 6.44. The van der Waals surface area contributed by atoms with Gasteiger partial charge in [-0.05, 0) is 35.6 Å². The minimum Gasteiger partial charge on any atom is -0.326 e. The van der Waals surface area contributed by atoms with Crippen molar-refractivity contribution in [1.82, 2.24) is 14.5 Å². The van der Waals surface area contributed by atoms with Crippen molar-refractivity contribution in [2.75, 3.05) is 0 Å². The first-order valence-corrected chi connectivity index (χ1v) is 8.83. The molecule has 110 valence electrons. The lowest BCUT2D eigenvalue weighted by Crippen LogP contribution is -2.07. The molecule has 0 saturated carbocycles. The van der Waals surface area contributed by atoms with Crippen LogP contribution in [0.2, 0.25) is 0 Å². The van der Waals surface area contributed by atoms with Crippen LogP contribution in [0.1, 0.15) is 23.1 Å². The van der Waals surface area contributed by atoms with Crippen LogP contribution < -0.4 is 0 Å². The van der Waals surface area contributed by atoms with Gasteiger partial charge in [0.1, 0.15) is 11.6 Å². The molecule has 0 aliphatic rings. The van der Waals surface area contributed by atoms with Crippen LogP contribution in [0.5, 0.6) is 0 Å². The number of thiazole rings is 1. The summed E-state index contributed by atoms with van der Waals surface area (Å²) in [4.78, 5) is 8.84. The largest absolute Gasteiger partial charge is 0.326 e. The minimum absolute atomic E-state index is 0.227. The van der Waals surface area contributed by atoms with Crippen LogP contribution in [-0.2, 0) is 13.0 Å². The summed E-state index contributed by atoms with van der Waals surface area (Å²) < 4.78 is 16.4. The Hall–Kier alpha value is -0.730. The summed E-state index contributed by atoms with van der Waals surface area (Å²) in [6, 6.07) is 3.29. The molecule has 0 N–H and O–H groups in total. The molecule has 0 bridgehead atoms. The van der Waals surface area contributed by atoms with E-state index in [-0.39, 0.29) is 11.2 Å². The lowest BCUT2D eigenvalue weighted by molar-refractivity contribution is 0.618. The second kappa shape index (κ2) is 6.18. The number of hydrogen-bond donors (Lipinski definition) is 0. The molecule has 7 heteroatoms. The number of imidazole rings is 1. The summed E-state index contributed by atoms with van der Waals surface area (Å²) in [7, 11) is 0. The van der Waals surface area contributed by atoms with E-state index in [1.807, 2.05) is 39.5 Å². The smallest absolute Gasteiger partial charge is 0.138 e. The van der Waals surface area contributed by atoms with Gasteiger partial charge in [-0.2, -0.15) is 0 Å². The van der Waals surface area contributed by atoms with Gasteiger partial charge >= 0.3 is 0 Å². The lowest BCUT2D eigenvalue weighted by Gasteiger charge is -2.09. The zero-order chi connectivity index (χ0) is 15.0. The quantitative estimate of drug-likeness (QED) is 0.436. The zero-order valence-corrected chi connectivity index (χ0v) is 14.9. The van der Waals surface area contributed by atoms with Crippen LogP contribution in [0.4, 0.5) is 4.39 Å². The number of fused-ring (bicyclic) bond motifs is 1. The van der Waals surface area contributed by atoms with Gasteiger partial charge in [0.2, 0.25) is 0 Å². The van der Waals surface area contributed by atoms with Crippen LogP contribution in [0.15, 0.2) is 23.7 Å². The number of aryl methyl sites for hydroxylation is 2. The first-order chi connectivity index (χ1) is 10.1. The third-order valence-corrected chi connectivity index (χ3v) is 5.07. The fourth-order valence-electron chi connectivity index (χ4n) is 2.26. The third-order valence-electron chi connectivity index (χ3n) is 3.21. The van der Waals surface area contributed by atoms with E-state index < -0.39 is 0 Å². The Kier molecular flexibility index (Phi) is 4.46. The summed E-state index contributed by atoms with van der Waals surface area (Å²) in [5.74, 6) is 0.539. The van der Waals surface area contributed by atoms with Crippen molar-refractivity contribution in [2.45, 2.75) is 25.3 Å². The Morgan fingerprint density at radius 1 is 1.48 bits per heavy atom. The maximum atomic E-state index is 13.9. The number of hydrogen-bond acceptors (Lipinski definition) is 3. The van der Waals surface area contributed by atoms with Crippen molar-refractivity contribution in [1.29, 1.82) is 0 Å². The summed E-state index contributed by atoms with van der Waals surface area (Å²) >= 11 is 9.82. The predicted octanol–water partition coefficient (Wildman–Crippen LogP) is 4.78. The SMILES string of the molecule is CC(Cl)c1nc2cc(I)c(F)cc2n1CCc1nccs1. The van der Waals surface area contributed by atoms with Gasteiger partial charge in [-0.15, -0.1) is 22.9 Å². The highest BCUT2D eigenvalue weighted by Gasteiger charge is 2.17. The molecule has 3 aromatic rings. The summed E-state index contributed by atoms with van der Waals surface area (Å²) in [5, 5.41) is 2.78. The van der Waals surface area contributed by atoms with Gasteiger partial charge in [0, 0.05) is 30.6 Å². The van der Waals surface area contributed by atoms with Crippen LogP contribution in [0.3, 0.4) is 0 Å². The molecular weight excluding hydrogens is 424 g/mol. The van der Waals surface area contributed by atoms with Crippen LogP contribution >= 0.6 is 45.5 Å². The van der Waals surface area contributed by atoms with Crippen LogP contribution in [0.25, 0.3) is 11.0 Å². The van der Waals surface area contributed by atoms with E-state index in [4.69, 9.17) is 11.6 Å². The van der Waals surface area contributed by atoms with Gasteiger partial charge in [-0.3, -0.25) is 0 Å². The molecule has 0 spiro atoms. The van der Waals surface area contributed by atoms with Crippen LogP contribution in [0, 0.1) is 9.39 Å². The fraction of sp³-hybridized carbons (Fsp3) is 0.286. The van der Waals surface area contributed by atoms with Gasteiger partial charge in [0.25, 0.3) is 0 Å². The molecule has 21 heavy (non-hydrogen) atoms. The number of benzene rings is 1. The Bertz CT molecular complexity index is 770. The zero-order valence-electron chi connectivity index (χ0n) is 11.2. The second-order valence-corrected chi connectivity index (χ2v) is 7.46. The molecule has 0 fully saturated rings. The van der Waals surface area contributed by atoms with Crippen molar-refractivity contribution in [3.05, 3.63) is 43.9 Å². The van der Waals surface area contributed by atoms with E-state index in [1.54, 1.807) is 23.6 Å². The molecule has 0 aliphatic carbocycles. The molecule has 1 aromatic carbocycles. The molecule has 0 amide bonds. The van der Waals surface area contributed by atoms with Gasteiger partial charge < -0.3 is 4.57 Å². The average Bonchev–Trinajstić information content (AvgIpc) is 3.05. The van der Waals surface area contributed by atoms with E-state index in [0.717, 1.165) is 28.3 Å². The fourth-order valence-corrected chi connectivity index (χ4v) is 3.49. The van der Waals surface area contributed by atoms with E-state index >= 15 is 0 Å². The molecule has 0 aliphatic heterocycles. The Morgan fingerprint density at radius 2 is 2.29 bits per heavy atom. The standard InChI is InChI=1S/C14H12ClFIN3S/c1-8(15)14-19-11-7-10(17)9(16)6-12(11)20(14)4-2-13-18-3-5-21-13/h3,5-8H,2,4H2,1H3. The number of rotatable bonds is 4. The molecule has 2 heterocycles. The van der Waals surface area contributed by atoms with Crippen molar-refractivity contribution in [3.63, 3.8) is 0 Å². The molecule has 3 rings (SSSR count). The Labute approximate surface area is 144 Å². The number of aromatic nitrogens is 3. The summed E-state index contributed by atoms with van der Waals surface area (Å²) in [6.07, 6.45) is 2.58. The van der Waals surface area contributed by atoms with E-state index in [2.05, 4.69) is 9.97 Å². The Balaban J connectivity index is 2.04. The molecule has 3 nitrogen and oxygen atoms in total. The molecular formula is C14H12ClFIN3S. The second-order valence-electron chi connectivity index (χ2n) is 4.67. The van der Waals surface area contributed by atoms with Gasteiger partial charge in [0.05, 0.1) is 25.0 Å². The van der Waals surface area contributed by atoms with Crippen molar-refractivity contribution < 1.29 is 4.39 Å². The van der Waals surface area contributed by atoms with Crippen LogP contribution in [-0.4, -0.2) is 14.5 Å². The van der Waals surface area contributed by atoms with Crippen molar-refractivity contribution in [3.8, 4) is 0 Å². The monoisotopic (exact) mass is 435 g/mol. The molecule has 1 atom stereocenters. The van der Waals surface area contributed by atoms with Gasteiger partial charge in [0.15, 0.2) is 0 Å². The van der Waals surface area contributed by atoms with Crippen molar-refractivity contribution >= 4 is 56.6 Å². The Morgan fingerprint density at radius 3 is 2.95 bits per heavy atom. The highest BCUT2D eigenvalue weighted by atomic mass is 127. The number of halogens is 3. The topological polar surface area (TPSA) is 30.7 Å². The van der Waals surface area contributed by atoms with E-state index in [0.29, 0.717) is 10.1 Å². The highest BCUT2D eigenvalue weighted by Crippen LogP contribution is 2.27. The lowest BCUT2D eigenvalue weighted by atomic mass is 10.3. The molecule has 1 unspecified atom stereocenters. The molecule has 0 radical (unpaired) electrons. The predicted molar refractivity (Wildman–Crippen MR) is 92.5 cm³/mol. The molecule has 2 aromatic heterocycles. The van der Waals surface area contributed by atoms with E-state index in [9.17, 15) is 4.39 Å². The number of alkyl halides is 1. The van der Waals surface area contributed by atoms with E-state index in [1.165, 1.54) is 6.07 Å². The maximum absolute atomic E-state index is 13.9. The summed E-state index contributed by atoms with van der Waals surface area (Å²) in [5.41, 5.74) is 1.56. The highest BCUT2D eigenvalue weighted by molar-refractivity contribution is 14.1. The maximum Gasteiger partial charge on any atom is 0.138 e. The third kappa shape index (κ3) is 3.07. The summed E-state index contributed by atoms with van der Waals surface area (Å²) in [6.45, 7) is 2.57. The normalized spacial score (nSPS) is 13.0. The van der Waals surface area contributed by atoms with Gasteiger partial charge in [-0.25, -0.2) is 14.4 Å². The molecule has 0 saturated heterocycles. The first kappa shape index (κ1) is 15.2. The number of nitrogens with zero attached hydrogens (tertiary/aromatic N) is 3. The van der Waals surface area contributed by atoms with Gasteiger partial charge in [-0.1, -0.05) is 0 Å². The minimum atomic E-state index is -0.229.